The van der Waals surface area contributed by atoms with Crippen LogP contribution in [0.15, 0.2) is 21.1 Å². The molecule has 0 fully saturated rings. The number of rotatable bonds is 0. The number of halogens is 2. The molecule has 5 rings (SSSR count). The molecular formula is C16H8Br2N8. The number of nitrogens with one attached hydrogen (secondary N) is 2. The molecule has 26 heavy (non-hydrogen) atoms. The van der Waals surface area contributed by atoms with Crippen LogP contribution in [0, 0.1) is 0 Å². The van der Waals surface area contributed by atoms with Gasteiger partial charge in [-0.05, 0) is 68.3 Å². The van der Waals surface area contributed by atoms with Crippen molar-refractivity contribution in [3.63, 3.8) is 0 Å². The van der Waals surface area contributed by atoms with E-state index in [1.54, 1.807) is 24.3 Å². The molecule has 0 atom stereocenters. The Morgan fingerprint density at radius 1 is 0.538 bits per heavy atom. The summed E-state index contributed by atoms with van der Waals surface area (Å²) in [5.41, 5.74) is 2.52. The van der Waals surface area contributed by atoms with Crippen LogP contribution in [0.4, 0.5) is 0 Å². The van der Waals surface area contributed by atoms with Crippen LogP contribution in [0.2, 0.25) is 0 Å². The third-order valence-corrected chi connectivity index (χ3v) is 4.83. The van der Waals surface area contributed by atoms with Gasteiger partial charge in [-0.3, -0.25) is 0 Å². The molecule has 126 valence electrons. The predicted molar refractivity (Wildman–Crippen MR) is 105 cm³/mol. The highest BCUT2D eigenvalue weighted by atomic mass is 79.9. The topological polar surface area (TPSA) is 109 Å². The van der Waals surface area contributed by atoms with Gasteiger partial charge in [-0.15, -0.1) is 0 Å². The van der Waals surface area contributed by atoms with Crippen molar-refractivity contribution in [2.24, 2.45) is 0 Å². The highest BCUT2D eigenvalue weighted by Crippen LogP contribution is 2.20. The summed E-state index contributed by atoms with van der Waals surface area (Å²) in [7, 11) is 0. The average Bonchev–Trinajstić information content (AvgIpc) is 3.34. The van der Waals surface area contributed by atoms with Gasteiger partial charge in [0.25, 0.3) is 0 Å². The van der Waals surface area contributed by atoms with Gasteiger partial charge >= 0.3 is 0 Å². The van der Waals surface area contributed by atoms with Gasteiger partial charge in [0.1, 0.15) is 22.6 Å². The molecule has 0 radical (unpaired) electrons. The van der Waals surface area contributed by atoms with Crippen molar-refractivity contribution >= 4 is 78.8 Å². The molecule has 5 heterocycles. The summed E-state index contributed by atoms with van der Waals surface area (Å²) in [6.45, 7) is 0. The van der Waals surface area contributed by atoms with Crippen LogP contribution in [0.5, 0.6) is 0 Å². The summed E-state index contributed by atoms with van der Waals surface area (Å²) >= 11 is 6.96. The smallest absolute Gasteiger partial charge is 0.156 e. The Bertz CT molecular complexity index is 1170. The average molecular weight is 472 g/mol. The van der Waals surface area contributed by atoms with Crippen molar-refractivity contribution < 1.29 is 0 Å². The van der Waals surface area contributed by atoms with Gasteiger partial charge in [-0.25, -0.2) is 29.9 Å². The Morgan fingerprint density at radius 2 is 0.923 bits per heavy atom. The third kappa shape index (κ3) is 2.86. The minimum Gasteiger partial charge on any atom is -0.324 e. The zero-order valence-corrected chi connectivity index (χ0v) is 16.1. The zero-order valence-electron chi connectivity index (χ0n) is 12.9. The lowest BCUT2D eigenvalue weighted by molar-refractivity contribution is 1.11. The summed E-state index contributed by atoms with van der Waals surface area (Å²) in [6, 6.07) is 3.67. The minimum atomic E-state index is 0.550. The summed E-state index contributed by atoms with van der Waals surface area (Å²) in [4.78, 5) is 33.0. The second-order valence-corrected chi connectivity index (χ2v) is 7.18. The van der Waals surface area contributed by atoms with Crippen molar-refractivity contribution in [2.75, 3.05) is 0 Å². The van der Waals surface area contributed by atoms with Gasteiger partial charge < -0.3 is 9.97 Å². The minimum absolute atomic E-state index is 0.550. The first-order valence-corrected chi connectivity index (χ1v) is 9.12. The van der Waals surface area contributed by atoms with E-state index in [1.165, 1.54) is 0 Å². The number of nitrogens with zero attached hydrogens (tertiary/aromatic N) is 6. The molecule has 0 aromatic carbocycles. The van der Waals surface area contributed by atoms with E-state index in [2.05, 4.69) is 71.7 Å². The number of hydrogen-bond donors (Lipinski definition) is 2. The molecule has 0 saturated heterocycles. The standard InChI is InChI=1S/C16H8Br2N8/c17-7-5-13-21-9-1-3-11(19-9)23-15-8(18)6-14(26-15)22-10-2-4-12(20-10)24-16(7)25-13/h1-6H,(H2,19,20,21,22,23,24,25,26). The van der Waals surface area contributed by atoms with Crippen molar-refractivity contribution in [3.8, 4) is 0 Å². The molecule has 0 saturated carbocycles. The number of aromatic nitrogens is 8. The lowest BCUT2D eigenvalue weighted by atomic mass is 10.5. The Labute approximate surface area is 162 Å². The van der Waals surface area contributed by atoms with Crippen LogP contribution in [0.3, 0.4) is 0 Å². The second-order valence-electron chi connectivity index (χ2n) is 5.47. The third-order valence-electron chi connectivity index (χ3n) is 3.62. The van der Waals surface area contributed by atoms with Gasteiger partial charge in [0, 0.05) is 0 Å². The van der Waals surface area contributed by atoms with Gasteiger partial charge in [-0.1, -0.05) is 0 Å². The van der Waals surface area contributed by atoms with Gasteiger partial charge in [0.2, 0.25) is 0 Å². The van der Waals surface area contributed by atoms with Crippen molar-refractivity contribution in [2.45, 2.75) is 0 Å². The van der Waals surface area contributed by atoms with Crippen LogP contribution in [0.25, 0.3) is 46.9 Å². The van der Waals surface area contributed by atoms with Crippen LogP contribution >= 0.6 is 31.9 Å². The summed E-state index contributed by atoms with van der Waals surface area (Å²) in [5.74, 6) is 2.21. The molecule has 10 heteroatoms. The molecule has 0 amide bonds. The van der Waals surface area contributed by atoms with Crippen LogP contribution < -0.4 is 0 Å². The largest absolute Gasteiger partial charge is 0.324 e. The maximum atomic E-state index is 4.50. The fourth-order valence-electron chi connectivity index (χ4n) is 2.50. The van der Waals surface area contributed by atoms with Crippen LogP contribution in [-0.2, 0) is 0 Å². The van der Waals surface area contributed by atoms with Crippen molar-refractivity contribution in [3.05, 3.63) is 44.4 Å². The number of aromatic amines is 2. The summed E-state index contributed by atoms with van der Waals surface area (Å²) in [6.07, 6.45) is 7.20. The van der Waals surface area contributed by atoms with E-state index in [0.717, 1.165) is 8.95 Å². The molecule has 0 spiro atoms. The van der Waals surface area contributed by atoms with E-state index < -0.39 is 0 Å². The van der Waals surface area contributed by atoms with Crippen LogP contribution in [0.1, 0.15) is 23.3 Å². The highest BCUT2D eigenvalue weighted by Gasteiger charge is 2.07. The molecule has 2 aliphatic heterocycles. The number of hydrogen-bond acceptors (Lipinski definition) is 6. The molecule has 2 N–H and O–H groups in total. The Kier molecular flexibility index (Phi) is 3.54. The van der Waals surface area contributed by atoms with Crippen molar-refractivity contribution in [1.29, 1.82) is 0 Å². The quantitative estimate of drug-likeness (QED) is 0.356. The molecule has 8 nitrogen and oxygen atoms in total. The fourth-order valence-corrected chi connectivity index (χ4v) is 3.31. The maximum absolute atomic E-state index is 4.50. The molecule has 2 aliphatic rings. The molecule has 3 aromatic heterocycles. The van der Waals surface area contributed by atoms with E-state index in [4.69, 9.17) is 0 Å². The van der Waals surface area contributed by atoms with E-state index in [9.17, 15) is 0 Å². The number of H-pyrrole nitrogens is 2. The Morgan fingerprint density at radius 3 is 1.35 bits per heavy atom. The SMILES string of the molecule is Brc1cc2nc3nc(nc4[nH]c(cc4Br)nc4nc(nc1[nH]2)C=C4)C=C3. The molecular weight excluding hydrogens is 464 g/mol. The Hall–Kier alpha value is -2.72. The lowest BCUT2D eigenvalue weighted by Gasteiger charge is -1.85. The first-order chi connectivity index (χ1) is 12.6. The fraction of sp³-hybridized carbons (Fsp3) is 0. The molecule has 0 unspecified atom stereocenters. The van der Waals surface area contributed by atoms with E-state index >= 15 is 0 Å². The van der Waals surface area contributed by atoms with Crippen molar-refractivity contribution in [1.82, 2.24) is 39.9 Å². The second kappa shape index (κ2) is 5.92. The van der Waals surface area contributed by atoms with Crippen LogP contribution in [-0.4, -0.2) is 39.9 Å². The first kappa shape index (κ1) is 15.5. The monoisotopic (exact) mass is 470 g/mol. The lowest BCUT2D eigenvalue weighted by Crippen LogP contribution is -1.85. The Balaban J connectivity index is 1.89. The zero-order chi connectivity index (χ0) is 17.7. The van der Waals surface area contributed by atoms with E-state index in [1.807, 2.05) is 12.1 Å². The number of fused-ring (bicyclic) bond motifs is 8. The van der Waals surface area contributed by atoms with E-state index in [-0.39, 0.29) is 0 Å². The maximum Gasteiger partial charge on any atom is 0.156 e. The van der Waals surface area contributed by atoms with Gasteiger partial charge in [0.15, 0.2) is 23.3 Å². The van der Waals surface area contributed by atoms with Gasteiger partial charge in [0.05, 0.1) is 8.95 Å². The van der Waals surface area contributed by atoms with E-state index in [0.29, 0.717) is 45.9 Å². The summed E-state index contributed by atoms with van der Waals surface area (Å²) in [5, 5.41) is 0. The molecule has 0 aliphatic carbocycles. The van der Waals surface area contributed by atoms with Gasteiger partial charge in [-0.2, -0.15) is 0 Å². The summed E-state index contributed by atoms with van der Waals surface area (Å²) < 4.78 is 1.58. The first-order valence-electron chi connectivity index (χ1n) is 7.54. The normalized spacial score (nSPS) is 12.7. The highest BCUT2D eigenvalue weighted by molar-refractivity contribution is 9.11. The molecule has 8 bridgehead atoms. The predicted octanol–water partition coefficient (Wildman–Crippen LogP) is 3.76. The molecule has 3 aromatic rings.